The van der Waals surface area contributed by atoms with Gasteiger partial charge in [0.05, 0.1) is 12.4 Å². The van der Waals surface area contributed by atoms with Crippen LogP contribution in [0.1, 0.15) is 24.4 Å². The Morgan fingerprint density at radius 2 is 2.10 bits per heavy atom. The van der Waals surface area contributed by atoms with Crippen LogP contribution in [0.25, 0.3) is 11.2 Å². The molecule has 0 spiro atoms. The lowest BCUT2D eigenvalue weighted by molar-refractivity contribution is 0.547. The van der Waals surface area contributed by atoms with Crippen LogP contribution in [0.5, 0.6) is 0 Å². The molecule has 20 heavy (non-hydrogen) atoms. The molecule has 0 saturated heterocycles. The first-order valence-electron chi connectivity index (χ1n) is 6.18. The third-order valence-electron chi connectivity index (χ3n) is 2.94. The third-order valence-corrected chi connectivity index (χ3v) is 2.94. The van der Waals surface area contributed by atoms with Crippen molar-refractivity contribution in [3.05, 3.63) is 36.4 Å². The molecule has 0 aromatic carbocycles. The summed E-state index contributed by atoms with van der Waals surface area (Å²) in [6, 6.07) is -0.0568. The molecular weight excluding hydrogens is 256 g/mol. The van der Waals surface area contributed by atoms with Crippen molar-refractivity contribution in [2.75, 3.05) is 5.73 Å². The molecule has 3 heterocycles. The maximum atomic E-state index is 5.88. The van der Waals surface area contributed by atoms with E-state index < -0.39 is 0 Å². The Morgan fingerprint density at radius 1 is 1.30 bits per heavy atom. The topological polar surface area (TPSA) is 118 Å². The standard InChI is InChI=1S/C12H14N8/c1-7(16-4-8-2-14-5-15-3-8)11-19-10(13)9-12(20-11)18-6-17-9/h2-3,5-7,16H,4H2,1H3,(H3,13,17,18,19,20). The number of nitrogens with two attached hydrogens (primary N) is 1. The van der Waals surface area contributed by atoms with Crippen molar-refractivity contribution in [1.29, 1.82) is 0 Å². The zero-order chi connectivity index (χ0) is 13.9. The van der Waals surface area contributed by atoms with Gasteiger partial charge in [0.15, 0.2) is 11.5 Å². The molecule has 1 unspecified atom stereocenters. The van der Waals surface area contributed by atoms with Gasteiger partial charge in [-0.15, -0.1) is 0 Å². The predicted molar refractivity (Wildman–Crippen MR) is 73.4 cm³/mol. The highest BCUT2D eigenvalue weighted by Gasteiger charge is 2.13. The zero-order valence-electron chi connectivity index (χ0n) is 10.9. The average Bonchev–Trinajstić information content (AvgIpc) is 2.95. The molecule has 0 amide bonds. The highest BCUT2D eigenvalue weighted by molar-refractivity contribution is 5.80. The molecule has 3 aromatic heterocycles. The molecule has 0 aliphatic rings. The highest BCUT2D eigenvalue weighted by atomic mass is 15.1. The van der Waals surface area contributed by atoms with E-state index in [1.54, 1.807) is 18.7 Å². The maximum Gasteiger partial charge on any atom is 0.183 e. The van der Waals surface area contributed by atoms with E-state index in [2.05, 4.69) is 35.2 Å². The van der Waals surface area contributed by atoms with Crippen molar-refractivity contribution in [3.63, 3.8) is 0 Å². The molecule has 0 aliphatic heterocycles. The van der Waals surface area contributed by atoms with Gasteiger partial charge in [-0.05, 0) is 6.92 Å². The van der Waals surface area contributed by atoms with Gasteiger partial charge >= 0.3 is 0 Å². The Hall–Kier alpha value is -2.61. The Morgan fingerprint density at radius 3 is 2.90 bits per heavy atom. The highest BCUT2D eigenvalue weighted by Crippen LogP contribution is 2.16. The van der Waals surface area contributed by atoms with Crippen LogP contribution >= 0.6 is 0 Å². The van der Waals surface area contributed by atoms with Crippen LogP contribution in [0, 0.1) is 0 Å². The van der Waals surface area contributed by atoms with Gasteiger partial charge in [-0.2, -0.15) is 0 Å². The number of nitrogen functional groups attached to an aromatic ring is 1. The van der Waals surface area contributed by atoms with Gasteiger partial charge in [0, 0.05) is 24.5 Å². The molecule has 0 radical (unpaired) electrons. The number of H-pyrrole nitrogens is 1. The third kappa shape index (κ3) is 2.41. The SMILES string of the molecule is CC(NCc1cncnc1)c1nc(N)c2[nH]cnc2n1. The quantitative estimate of drug-likeness (QED) is 0.634. The summed E-state index contributed by atoms with van der Waals surface area (Å²) in [6.45, 7) is 2.60. The van der Waals surface area contributed by atoms with Gasteiger partial charge in [-0.3, -0.25) is 0 Å². The van der Waals surface area contributed by atoms with Gasteiger partial charge in [0.25, 0.3) is 0 Å². The minimum absolute atomic E-state index is 0.0568. The van der Waals surface area contributed by atoms with E-state index in [0.717, 1.165) is 5.56 Å². The minimum atomic E-state index is -0.0568. The summed E-state index contributed by atoms with van der Waals surface area (Å²) >= 11 is 0. The minimum Gasteiger partial charge on any atom is -0.382 e. The van der Waals surface area contributed by atoms with Gasteiger partial charge in [0.1, 0.15) is 17.7 Å². The van der Waals surface area contributed by atoms with Crippen LogP contribution in [-0.4, -0.2) is 29.9 Å². The van der Waals surface area contributed by atoms with E-state index in [1.807, 2.05) is 6.92 Å². The second-order valence-corrected chi connectivity index (χ2v) is 4.42. The lowest BCUT2D eigenvalue weighted by Gasteiger charge is -2.12. The lowest BCUT2D eigenvalue weighted by atomic mass is 10.2. The van der Waals surface area contributed by atoms with Crippen molar-refractivity contribution >= 4 is 17.0 Å². The predicted octanol–water partition coefficient (Wildman–Crippen LogP) is 0.576. The van der Waals surface area contributed by atoms with E-state index in [-0.39, 0.29) is 6.04 Å². The molecule has 3 rings (SSSR count). The number of hydrogen-bond donors (Lipinski definition) is 3. The maximum absolute atomic E-state index is 5.88. The number of rotatable bonds is 4. The molecule has 4 N–H and O–H groups in total. The van der Waals surface area contributed by atoms with E-state index in [1.165, 1.54) is 6.33 Å². The number of anilines is 1. The monoisotopic (exact) mass is 270 g/mol. The smallest absolute Gasteiger partial charge is 0.183 e. The van der Waals surface area contributed by atoms with Crippen LogP contribution in [0.3, 0.4) is 0 Å². The molecule has 3 aromatic rings. The van der Waals surface area contributed by atoms with Crippen molar-refractivity contribution in [1.82, 2.24) is 35.2 Å². The first kappa shape index (κ1) is 12.4. The van der Waals surface area contributed by atoms with E-state index in [9.17, 15) is 0 Å². The first-order chi connectivity index (χ1) is 9.74. The molecule has 102 valence electrons. The van der Waals surface area contributed by atoms with Crippen LogP contribution in [0.2, 0.25) is 0 Å². The Kier molecular flexibility index (Phi) is 3.21. The lowest BCUT2D eigenvalue weighted by Crippen LogP contribution is -2.21. The Labute approximate surface area is 114 Å². The van der Waals surface area contributed by atoms with Crippen molar-refractivity contribution in [2.45, 2.75) is 19.5 Å². The van der Waals surface area contributed by atoms with Gasteiger partial charge < -0.3 is 16.0 Å². The summed E-state index contributed by atoms with van der Waals surface area (Å²) in [5.41, 5.74) is 8.11. The summed E-state index contributed by atoms with van der Waals surface area (Å²) in [7, 11) is 0. The molecule has 8 nitrogen and oxygen atoms in total. The van der Waals surface area contributed by atoms with Gasteiger partial charge in [0.2, 0.25) is 0 Å². The summed E-state index contributed by atoms with van der Waals surface area (Å²) in [4.78, 5) is 23.6. The first-order valence-corrected chi connectivity index (χ1v) is 6.18. The number of nitrogens with zero attached hydrogens (tertiary/aromatic N) is 5. The van der Waals surface area contributed by atoms with Crippen molar-refractivity contribution in [2.24, 2.45) is 0 Å². The fourth-order valence-electron chi connectivity index (χ4n) is 1.85. The molecule has 0 saturated carbocycles. The average molecular weight is 270 g/mol. The number of fused-ring (bicyclic) bond motifs is 1. The summed E-state index contributed by atoms with van der Waals surface area (Å²) < 4.78 is 0. The largest absolute Gasteiger partial charge is 0.382 e. The number of imidazole rings is 1. The van der Waals surface area contributed by atoms with Gasteiger partial charge in [-0.25, -0.2) is 24.9 Å². The van der Waals surface area contributed by atoms with Crippen molar-refractivity contribution in [3.8, 4) is 0 Å². The molecule has 1 atom stereocenters. The number of aromatic amines is 1. The fraction of sp³-hybridized carbons (Fsp3) is 0.250. The second-order valence-electron chi connectivity index (χ2n) is 4.42. The fourth-order valence-corrected chi connectivity index (χ4v) is 1.85. The summed E-state index contributed by atoms with van der Waals surface area (Å²) in [5.74, 6) is 1.01. The molecule has 8 heteroatoms. The summed E-state index contributed by atoms with van der Waals surface area (Å²) in [6.07, 6.45) is 6.58. The molecule has 0 fully saturated rings. The van der Waals surface area contributed by atoms with Crippen LogP contribution in [-0.2, 0) is 6.54 Å². The van der Waals surface area contributed by atoms with Crippen LogP contribution < -0.4 is 11.1 Å². The second kappa shape index (κ2) is 5.17. The Balaban J connectivity index is 1.76. The normalized spacial score (nSPS) is 12.7. The molecular formula is C12H14N8. The van der Waals surface area contributed by atoms with Crippen molar-refractivity contribution < 1.29 is 0 Å². The van der Waals surface area contributed by atoms with Crippen LogP contribution in [0.15, 0.2) is 25.0 Å². The van der Waals surface area contributed by atoms with E-state index in [0.29, 0.717) is 29.4 Å². The molecule has 0 aliphatic carbocycles. The molecule has 0 bridgehead atoms. The number of aromatic nitrogens is 6. The number of nitrogens with one attached hydrogen (secondary N) is 2. The number of hydrogen-bond acceptors (Lipinski definition) is 7. The summed E-state index contributed by atoms with van der Waals surface area (Å²) in [5, 5.41) is 3.30. The van der Waals surface area contributed by atoms with E-state index >= 15 is 0 Å². The Bertz CT molecular complexity index is 708. The van der Waals surface area contributed by atoms with Crippen LogP contribution in [0.4, 0.5) is 5.82 Å². The van der Waals surface area contributed by atoms with E-state index in [4.69, 9.17) is 5.73 Å². The van der Waals surface area contributed by atoms with Gasteiger partial charge in [-0.1, -0.05) is 0 Å². The zero-order valence-corrected chi connectivity index (χ0v) is 10.9.